The standard InChI is InChI=1S/C23H25NO5/c1-2-28-23(27)19-9-6-14-24(15-19)21(25)16-29-20-12-10-18(11-13-20)22(26)17-7-4-3-5-8-17/h3-5,7-8,10-13,19H,2,6,9,14-16H2,1H3/t19-/m1/s1. The highest BCUT2D eigenvalue weighted by Gasteiger charge is 2.29. The maximum Gasteiger partial charge on any atom is 0.310 e. The van der Waals surface area contributed by atoms with Crippen molar-refractivity contribution in [3.05, 3.63) is 65.7 Å². The Morgan fingerprint density at radius 1 is 1.00 bits per heavy atom. The summed E-state index contributed by atoms with van der Waals surface area (Å²) < 4.78 is 10.7. The number of rotatable bonds is 7. The van der Waals surface area contributed by atoms with Gasteiger partial charge in [-0.05, 0) is 44.0 Å². The van der Waals surface area contributed by atoms with Gasteiger partial charge in [0.25, 0.3) is 5.91 Å². The second-order valence-electron chi connectivity index (χ2n) is 6.94. The molecule has 1 fully saturated rings. The fourth-order valence-corrected chi connectivity index (χ4v) is 3.35. The summed E-state index contributed by atoms with van der Waals surface area (Å²) in [5, 5.41) is 0. The van der Waals surface area contributed by atoms with Gasteiger partial charge in [0.05, 0.1) is 12.5 Å². The molecular weight excluding hydrogens is 370 g/mol. The van der Waals surface area contributed by atoms with E-state index in [2.05, 4.69) is 0 Å². The summed E-state index contributed by atoms with van der Waals surface area (Å²) in [6.07, 6.45) is 1.51. The largest absolute Gasteiger partial charge is 0.484 e. The number of carbonyl (C=O) groups is 3. The first-order chi connectivity index (χ1) is 14.1. The smallest absolute Gasteiger partial charge is 0.310 e. The van der Waals surface area contributed by atoms with Crippen molar-refractivity contribution < 1.29 is 23.9 Å². The van der Waals surface area contributed by atoms with Crippen LogP contribution in [0.3, 0.4) is 0 Å². The molecule has 0 bridgehead atoms. The predicted molar refractivity (Wildman–Crippen MR) is 108 cm³/mol. The molecule has 2 aromatic rings. The first kappa shape index (κ1) is 20.6. The second kappa shape index (κ2) is 9.87. The number of amides is 1. The number of piperidine rings is 1. The zero-order chi connectivity index (χ0) is 20.6. The summed E-state index contributed by atoms with van der Waals surface area (Å²) >= 11 is 0. The fraction of sp³-hybridized carbons (Fsp3) is 0.348. The summed E-state index contributed by atoms with van der Waals surface area (Å²) in [4.78, 5) is 38.4. The van der Waals surface area contributed by atoms with Crippen molar-refractivity contribution in [1.82, 2.24) is 4.90 Å². The molecule has 1 aliphatic rings. The molecule has 1 saturated heterocycles. The van der Waals surface area contributed by atoms with Crippen LogP contribution >= 0.6 is 0 Å². The number of nitrogens with zero attached hydrogens (tertiary/aromatic N) is 1. The molecular formula is C23H25NO5. The second-order valence-corrected chi connectivity index (χ2v) is 6.94. The predicted octanol–water partition coefficient (Wildman–Crippen LogP) is 3.10. The van der Waals surface area contributed by atoms with Crippen LogP contribution in [-0.2, 0) is 14.3 Å². The Labute approximate surface area is 170 Å². The highest BCUT2D eigenvalue weighted by atomic mass is 16.5. The minimum Gasteiger partial charge on any atom is -0.484 e. The van der Waals surface area contributed by atoms with Crippen LogP contribution in [-0.4, -0.2) is 48.9 Å². The number of hydrogen-bond donors (Lipinski definition) is 0. The topological polar surface area (TPSA) is 72.9 Å². The Morgan fingerprint density at radius 2 is 1.69 bits per heavy atom. The van der Waals surface area contributed by atoms with Gasteiger partial charge in [0.1, 0.15) is 5.75 Å². The summed E-state index contributed by atoms with van der Waals surface area (Å²) in [6, 6.07) is 15.8. The van der Waals surface area contributed by atoms with Crippen molar-refractivity contribution in [2.75, 3.05) is 26.3 Å². The minimum atomic E-state index is -0.268. The van der Waals surface area contributed by atoms with Crippen LogP contribution in [0.4, 0.5) is 0 Å². The molecule has 0 unspecified atom stereocenters. The third kappa shape index (κ3) is 5.44. The van der Waals surface area contributed by atoms with E-state index in [0.717, 1.165) is 12.8 Å². The number of ether oxygens (including phenoxy) is 2. The molecule has 0 spiro atoms. The molecule has 152 valence electrons. The Balaban J connectivity index is 1.52. The molecule has 29 heavy (non-hydrogen) atoms. The number of carbonyl (C=O) groups excluding carboxylic acids is 3. The number of benzene rings is 2. The lowest BCUT2D eigenvalue weighted by molar-refractivity contribution is -0.151. The van der Waals surface area contributed by atoms with Gasteiger partial charge in [-0.3, -0.25) is 14.4 Å². The minimum absolute atomic E-state index is 0.0634. The first-order valence-corrected chi connectivity index (χ1v) is 9.85. The van der Waals surface area contributed by atoms with Gasteiger partial charge >= 0.3 is 5.97 Å². The van der Waals surface area contributed by atoms with Crippen LogP contribution in [0.25, 0.3) is 0 Å². The summed E-state index contributed by atoms with van der Waals surface area (Å²) in [7, 11) is 0. The first-order valence-electron chi connectivity index (χ1n) is 9.85. The van der Waals surface area contributed by atoms with Crippen molar-refractivity contribution in [3.63, 3.8) is 0 Å². The third-order valence-electron chi connectivity index (χ3n) is 4.91. The lowest BCUT2D eigenvalue weighted by atomic mass is 9.98. The molecule has 1 aliphatic heterocycles. The van der Waals surface area contributed by atoms with E-state index in [-0.39, 0.29) is 30.2 Å². The van der Waals surface area contributed by atoms with Crippen molar-refractivity contribution >= 4 is 17.7 Å². The normalized spacial score (nSPS) is 16.2. The zero-order valence-corrected chi connectivity index (χ0v) is 16.5. The van der Waals surface area contributed by atoms with E-state index in [4.69, 9.17) is 9.47 Å². The van der Waals surface area contributed by atoms with E-state index in [1.165, 1.54) is 0 Å². The van der Waals surface area contributed by atoms with Gasteiger partial charge < -0.3 is 14.4 Å². The number of esters is 1. The van der Waals surface area contributed by atoms with E-state index < -0.39 is 0 Å². The van der Waals surface area contributed by atoms with E-state index in [1.54, 1.807) is 48.2 Å². The van der Waals surface area contributed by atoms with Crippen molar-refractivity contribution in [1.29, 1.82) is 0 Å². The summed E-state index contributed by atoms with van der Waals surface area (Å²) in [5.41, 5.74) is 1.18. The van der Waals surface area contributed by atoms with E-state index >= 15 is 0 Å². The Bertz CT molecular complexity index is 847. The van der Waals surface area contributed by atoms with Gasteiger partial charge in [0.2, 0.25) is 0 Å². The van der Waals surface area contributed by atoms with Crippen LogP contribution in [0, 0.1) is 5.92 Å². The van der Waals surface area contributed by atoms with Crippen molar-refractivity contribution in [2.45, 2.75) is 19.8 Å². The summed E-state index contributed by atoms with van der Waals surface area (Å²) in [5.74, 6) is -0.225. The lowest BCUT2D eigenvalue weighted by Crippen LogP contribution is -2.44. The molecule has 1 atom stereocenters. The van der Waals surface area contributed by atoms with Crippen LogP contribution in [0.5, 0.6) is 5.75 Å². The molecule has 6 nitrogen and oxygen atoms in total. The SMILES string of the molecule is CCOC(=O)[C@@H]1CCCN(C(=O)COc2ccc(C(=O)c3ccccc3)cc2)C1. The Kier molecular flexibility index (Phi) is 7.00. The van der Waals surface area contributed by atoms with Crippen LogP contribution in [0.15, 0.2) is 54.6 Å². The lowest BCUT2D eigenvalue weighted by Gasteiger charge is -2.31. The van der Waals surface area contributed by atoms with Gasteiger partial charge in [-0.15, -0.1) is 0 Å². The molecule has 3 rings (SSSR count). The number of ketones is 1. The van der Waals surface area contributed by atoms with Crippen LogP contribution in [0.2, 0.25) is 0 Å². The molecule has 0 radical (unpaired) electrons. The molecule has 0 N–H and O–H groups in total. The monoisotopic (exact) mass is 395 g/mol. The molecule has 0 aliphatic carbocycles. The molecule has 1 heterocycles. The third-order valence-corrected chi connectivity index (χ3v) is 4.91. The van der Waals surface area contributed by atoms with Gasteiger partial charge in [-0.1, -0.05) is 30.3 Å². The van der Waals surface area contributed by atoms with Crippen LogP contribution in [0.1, 0.15) is 35.7 Å². The average molecular weight is 395 g/mol. The maximum atomic E-state index is 12.5. The maximum absolute atomic E-state index is 12.5. The van der Waals surface area contributed by atoms with Crippen LogP contribution < -0.4 is 4.74 Å². The number of hydrogen-bond acceptors (Lipinski definition) is 5. The number of likely N-dealkylation sites (tertiary alicyclic amines) is 1. The highest BCUT2D eigenvalue weighted by molar-refractivity contribution is 6.08. The van der Waals surface area contributed by atoms with Crippen molar-refractivity contribution in [3.8, 4) is 5.75 Å². The van der Waals surface area contributed by atoms with Gasteiger partial charge in [-0.2, -0.15) is 0 Å². The summed E-state index contributed by atoms with van der Waals surface area (Å²) in [6.45, 7) is 2.99. The molecule has 6 heteroatoms. The van der Waals surface area contributed by atoms with E-state index in [9.17, 15) is 14.4 Å². The molecule has 1 amide bonds. The van der Waals surface area contributed by atoms with Gasteiger partial charge in [0, 0.05) is 24.2 Å². The average Bonchev–Trinajstić information content (AvgIpc) is 2.78. The van der Waals surface area contributed by atoms with Crippen molar-refractivity contribution in [2.24, 2.45) is 5.92 Å². The quantitative estimate of drug-likeness (QED) is 0.532. The van der Waals surface area contributed by atoms with Gasteiger partial charge in [-0.25, -0.2) is 0 Å². The van der Waals surface area contributed by atoms with Gasteiger partial charge in [0.15, 0.2) is 12.4 Å². The zero-order valence-electron chi connectivity index (χ0n) is 16.5. The molecule has 0 saturated carbocycles. The molecule has 2 aromatic carbocycles. The molecule has 0 aromatic heterocycles. The highest BCUT2D eigenvalue weighted by Crippen LogP contribution is 2.19. The Morgan fingerprint density at radius 3 is 2.38 bits per heavy atom. The fourth-order valence-electron chi connectivity index (χ4n) is 3.35. The van der Waals surface area contributed by atoms with E-state index in [0.29, 0.717) is 36.6 Å². The Hall–Kier alpha value is -3.15. The van der Waals surface area contributed by atoms with E-state index in [1.807, 2.05) is 18.2 Å².